The molecule has 0 spiro atoms. The van der Waals surface area contributed by atoms with E-state index >= 15 is 0 Å². The highest BCUT2D eigenvalue weighted by Gasteiger charge is 2.20. The normalized spacial score (nSPS) is 11.7. The molecule has 0 aliphatic rings. The number of carbonyl (C=O) groups excluding carboxylic acids is 1. The third-order valence-electron chi connectivity index (χ3n) is 2.66. The SMILES string of the molecule is CN(C)Cc1ccc(CNC(=O)C(C)(C)C)cc1. The second-order valence-electron chi connectivity index (χ2n) is 5.99. The molecule has 1 rings (SSSR count). The van der Waals surface area contributed by atoms with Crippen molar-refractivity contribution in [2.24, 2.45) is 5.41 Å². The van der Waals surface area contributed by atoms with Crippen LogP contribution < -0.4 is 5.32 Å². The number of rotatable bonds is 4. The highest BCUT2D eigenvalue weighted by Crippen LogP contribution is 2.13. The Kier molecular flexibility index (Phi) is 4.91. The molecule has 0 saturated carbocycles. The number of hydrogen-bond donors (Lipinski definition) is 1. The van der Waals surface area contributed by atoms with E-state index in [2.05, 4.69) is 48.6 Å². The molecule has 0 bridgehead atoms. The molecule has 1 N–H and O–H groups in total. The van der Waals surface area contributed by atoms with Crippen molar-refractivity contribution in [2.75, 3.05) is 14.1 Å². The van der Waals surface area contributed by atoms with Gasteiger partial charge in [0.2, 0.25) is 5.91 Å². The number of benzene rings is 1. The highest BCUT2D eigenvalue weighted by molar-refractivity contribution is 5.81. The van der Waals surface area contributed by atoms with Crippen LogP contribution in [0.25, 0.3) is 0 Å². The maximum absolute atomic E-state index is 11.7. The maximum Gasteiger partial charge on any atom is 0.225 e. The fourth-order valence-electron chi connectivity index (χ4n) is 1.58. The van der Waals surface area contributed by atoms with Gasteiger partial charge < -0.3 is 10.2 Å². The van der Waals surface area contributed by atoms with Gasteiger partial charge in [0.25, 0.3) is 0 Å². The van der Waals surface area contributed by atoms with Crippen molar-refractivity contribution < 1.29 is 4.79 Å². The Morgan fingerprint density at radius 3 is 2.06 bits per heavy atom. The molecule has 3 nitrogen and oxygen atoms in total. The minimum atomic E-state index is -0.329. The van der Waals surface area contributed by atoms with Crippen LogP contribution in [0.1, 0.15) is 31.9 Å². The lowest BCUT2D eigenvalue weighted by molar-refractivity contribution is -0.128. The van der Waals surface area contributed by atoms with E-state index in [9.17, 15) is 4.79 Å². The summed E-state index contributed by atoms with van der Waals surface area (Å²) in [7, 11) is 4.11. The Bertz CT molecular complexity index is 388. The maximum atomic E-state index is 11.7. The quantitative estimate of drug-likeness (QED) is 0.887. The molecular formula is C15H24N2O. The van der Waals surface area contributed by atoms with Gasteiger partial charge in [-0.05, 0) is 25.2 Å². The van der Waals surface area contributed by atoms with Gasteiger partial charge in [-0.3, -0.25) is 4.79 Å². The average Bonchev–Trinajstić information content (AvgIpc) is 2.25. The minimum absolute atomic E-state index is 0.0832. The van der Waals surface area contributed by atoms with E-state index in [-0.39, 0.29) is 11.3 Å². The molecule has 18 heavy (non-hydrogen) atoms. The Morgan fingerprint density at radius 1 is 1.11 bits per heavy atom. The minimum Gasteiger partial charge on any atom is -0.352 e. The first-order chi connectivity index (χ1) is 8.29. The molecule has 0 fully saturated rings. The van der Waals surface area contributed by atoms with Gasteiger partial charge in [-0.2, -0.15) is 0 Å². The van der Waals surface area contributed by atoms with Crippen molar-refractivity contribution in [3.63, 3.8) is 0 Å². The van der Waals surface area contributed by atoms with Crippen molar-refractivity contribution in [1.82, 2.24) is 10.2 Å². The molecule has 0 saturated heterocycles. The smallest absolute Gasteiger partial charge is 0.225 e. The first kappa shape index (κ1) is 14.7. The van der Waals surface area contributed by atoms with Crippen LogP contribution in [0.3, 0.4) is 0 Å². The van der Waals surface area contributed by atoms with E-state index in [0.29, 0.717) is 6.54 Å². The van der Waals surface area contributed by atoms with Crippen LogP contribution in [-0.4, -0.2) is 24.9 Å². The molecule has 0 heterocycles. The highest BCUT2D eigenvalue weighted by atomic mass is 16.2. The molecule has 100 valence electrons. The Morgan fingerprint density at radius 2 is 1.61 bits per heavy atom. The van der Waals surface area contributed by atoms with Gasteiger partial charge in [0.05, 0.1) is 0 Å². The molecule has 0 radical (unpaired) electrons. The zero-order valence-electron chi connectivity index (χ0n) is 12.1. The first-order valence-electron chi connectivity index (χ1n) is 6.30. The summed E-state index contributed by atoms with van der Waals surface area (Å²) in [6.45, 7) is 7.29. The van der Waals surface area contributed by atoms with Crippen LogP contribution in [-0.2, 0) is 17.9 Å². The third kappa shape index (κ3) is 4.88. The van der Waals surface area contributed by atoms with Crippen molar-refractivity contribution in [1.29, 1.82) is 0 Å². The number of carbonyl (C=O) groups is 1. The van der Waals surface area contributed by atoms with Gasteiger partial charge in [-0.1, -0.05) is 45.0 Å². The number of nitrogens with one attached hydrogen (secondary N) is 1. The van der Waals surface area contributed by atoms with E-state index in [1.165, 1.54) is 5.56 Å². The van der Waals surface area contributed by atoms with Crippen LogP contribution in [0, 0.1) is 5.41 Å². The molecule has 1 aromatic rings. The number of nitrogens with zero attached hydrogens (tertiary/aromatic N) is 1. The largest absolute Gasteiger partial charge is 0.352 e. The second-order valence-corrected chi connectivity index (χ2v) is 5.99. The third-order valence-corrected chi connectivity index (χ3v) is 2.66. The van der Waals surface area contributed by atoms with Crippen LogP contribution >= 0.6 is 0 Å². The Labute approximate surface area is 110 Å². The lowest BCUT2D eigenvalue weighted by Crippen LogP contribution is -2.34. The Balaban J connectivity index is 2.52. The summed E-state index contributed by atoms with van der Waals surface area (Å²) < 4.78 is 0. The van der Waals surface area contributed by atoms with E-state index in [1.54, 1.807) is 0 Å². The standard InChI is InChI=1S/C15H24N2O/c1-15(2,3)14(18)16-10-12-6-8-13(9-7-12)11-17(4)5/h6-9H,10-11H2,1-5H3,(H,16,18). The average molecular weight is 248 g/mol. The molecule has 0 atom stereocenters. The van der Waals surface area contributed by atoms with Crippen LogP contribution in [0.15, 0.2) is 24.3 Å². The van der Waals surface area contributed by atoms with E-state index in [1.807, 2.05) is 20.8 Å². The van der Waals surface area contributed by atoms with Crippen molar-refractivity contribution in [3.05, 3.63) is 35.4 Å². The molecule has 3 heteroatoms. The predicted molar refractivity (Wildman–Crippen MR) is 75.1 cm³/mol. The van der Waals surface area contributed by atoms with Gasteiger partial charge in [0, 0.05) is 18.5 Å². The van der Waals surface area contributed by atoms with Crippen molar-refractivity contribution >= 4 is 5.91 Å². The van der Waals surface area contributed by atoms with Gasteiger partial charge in [0.15, 0.2) is 0 Å². The number of hydrogen-bond acceptors (Lipinski definition) is 2. The second kappa shape index (κ2) is 6.01. The summed E-state index contributed by atoms with van der Waals surface area (Å²) >= 11 is 0. The Hall–Kier alpha value is -1.35. The zero-order chi connectivity index (χ0) is 13.8. The fourth-order valence-corrected chi connectivity index (χ4v) is 1.58. The van der Waals surface area contributed by atoms with Crippen LogP contribution in [0.4, 0.5) is 0 Å². The van der Waals surface area contributed by atoms with E-state index in [4.69, 9.17) is 0 Å². The molecule has 1 aromatic carbocycles. The van der Waals surface area contributed by atoms with Gasteiger partial charge in [0.1, 0.15) is 0 Å². The van der Waals surface area contributed by atoms with Crippen LogP contribution in [0.5, 0.6) is 0 Å². The summed E-state index contributed by atoms with van der Waals surface area (Å²) in [5, 5.41) is 2.95. The molecule has 1 amide bonds. The molecule has 0 aromatic heterocycles. The summed E-state index contributed by atoms with van der Waals surface area (Å²) in [5.74, 6) is 0.0832. The van der Waals surface area contributed by atoms with Crippen molar-refractivity contribution in [3.8, 4) is 0 Å². The predicted octanol–water partition coefficient (Wildman–Crippen LogP) is 2.41. The van der Waals surface area contributed by atoms with E-state index < -0.39 is 0 Å². The first-order valence-corrected chi connectivity index (χ1v) is 6.30. The zero-order valence-corrected chi connectivity index (χ0v) is 12.1. The number of amides is 1. The van der Waals surface area contributed by atoms with Crippen LogP contribution in [0.2, 0.25) is 0 Å². The van der Waals surface area contributed by atoms with Gasteiger partial charge in [-0.15, -0.1) is 0 Å². The molecule has 0 unspecified atom stereocenters. The lowest BCUT2D eigenvalue weighted by Gasteiger charge is -2.17. The van der Waals surface area contributed by atoms with E-state index in [0.717, 1.165) is 12.1 Å². The summed E-state index contributed by atoms with van der Waals surface area (Å²) in [6, 6.07) is 8.36. The van der Waals surface area contributed by atoms with Gasteiger partial charge >= 0.3 is 0 Å². The monoisotopic (exact) mass is 248 g/mol. The molecule has 0 aliphatic heterocycles. The summed E-state index contributed by atoms with van der Waals surface area (Å²) in [4.78, 5) is 13.9. The van der Waals surface area contributed by atoms with Gasteiger partial charge in [-0.25, -0.2) is 0 Å². The summed E-state index contributed by atoms with van der Waals surface area (Å²) in [5.41, 5.74) is 2.09. The fraction of sp³-hybridized carbons (Fsp3) is 0.533. The topological polar surface area (TPSA) is 32.3 Å². The summed E-state index contributed by atoms with van der Waals surface area (Å²) in [6.07, 6.45) is 0. The molecule has 0 aliphatic carbocycles. The van der Waals surface area contributed by atoms with Crippen molar-refractivity contribution in [2.45, 2.75) is 33.9 Å². The molecular weight excluding hydrogens is 224 g/mol. The lowest BCUT2D eigenvalue weighted by atomic mass is 9.95.